The minimum Gasteiger partial charge on any atom is -0.331 e. The lowest BCUT2D eigenvalue weighted by Crippen LogP contribution is -2.40. The van der Waals surface area contributed by atoms with Crippen LogP contribution >= 0.6 is 0 Å². The lowest BCUT2D eigenvalue weighted by molar-refractivity contribution is -0.133. The number of likely N-dealkylation sites (N-methyl/N-ethyl adjacent to an activating group) is 1. The van der Waals surface area contributed by atoms with Crippen molar-refractivity contribution in [1.82, 2.24) is 19.4 Å². The summed E-state index contributed by atoms with van der Waals surface area (Å²) >= 11 is 0. The van der Waals surface area contributed by atoms with E-state index in [1.165, 1.54) is 0 Å². The molecule has 0 aliphatic heterocycles. The first-order chi connectivity index (χ1) is 15.3. The van der Waals surface area contributed by atoms with Gasteiger partial charge in [-0.1, -0.05) is 37.6 Å². The first-order valence-corrected chi connectivity index (χ1v) is 11.4. The molecule has 3 rings (SSSR count). The Labute approximate surface area is 190 Å². The van der Waals surface area contributed by atoms with Crippen LogP contribution in [0.5, 0.6) is 0 Å². The summed E-state index contributed by atoms with van der Waals surface area (Å²) in [5, 5.41) is 0.571. The molecule has 1 aromatic heterocycles. The number of carbonyl (C=O) groups excluding carboxylic acids is 1. The van der Waals surface area contributed by atoms with Gasteiger partial charge in [-0.05, 0) is 64.2 Å². The van der Waals surface area contributed by atoms with Crippen molar-refractivity contribution in [2.75, 3.05) is 27.2 Å². The van der Waals surface area contributed by atoms with Crippen LogP contribution in [0.15, 0.2) is 53.3 Å². The van der Waals surface area contributed by atoms with Gasteiger partial charge in [-0.15, -0.1) is 0 Å². The number of rotatable bonds is 9. The van der Waals surface area contributed by atoms with Crippen LogP contribution in [0.2, 0.25) is 0 Å². The Morgan fingerprint density at radius 2 is 1.84 bits per heavy atom. The highest BCUT2D eigenvalue weighted by Gasteiger charge is 2.26. The van der Waals surface area contributed by atoms with E-state index in [-0.39, 0.29) is 17.5 Å². The quantitative estimate of drug-likeness (QED) is 0.503. The van der Waals surface area contributed by atoms with Crippen LogP contribution in [0, 0.1) is 6.92 Å². The fourth-order valence-corrected chi connectivity index (χ4v) is 3.90. The number of fused-ring (bicyclic) bond motifs is 1. The second-order valence-corrected chi connectivity index (χ2v) is 8.64. The second kappa shape index (κ2) is 10.6. The maximum absolute atomic E-state index is 13.6. The van der Waals surface area contributed by atoms with E-state index in [9.17, 15) is 9.59 Å². The summed E-state index contributed by atoms with van der Waals surface area (Å²) in [7, 11) is 3.99. The molecule has 0 radical (unpaired) electrons. The zero-order valence-electron chi connectivity index (χ0n) is 19.8. The molecule has 0 aliphatic carbocycles. The van der Waals surface area contributed by atoms with Gasteiger partial charge in [0.15, 0.2) is 0 Å². The van der Waals surface area contributed by atoms with Crippen molar-refractivity contribution in [3.8, 4) is 5.69 Å². The number of hydrogen-bond acceptors (Lipinski definition) is 4. The smallest absolute Gasteiger partial charge is 0.266 e. The van der Waals surface area contributed by atoms with E-state index in [0.717, 1.165) is 30.6 Å². The Bertz CT molecular complexity index is 1140. The standard InChI is InChI=1S/C26H34N4O2/c1-6-7-15-24(31)29(17-16-28(4)5)20(3)25-27-23-14-9-8-13-22(23)26(32)30(25)21-12-10-11-19(2)18-21/h8-14,18,20H,6-7,15-17H2,1-5H3. The second-order valence-electron chi connectivity index (χ2n) is 8.64. The van der Waals surface area contributed by atoms with Crippen LogP contribution in [-0.2, 0) is 4.79 Å². The largest absolute Gasteiger partial charge is 0.331 e. The zero-order valence-corrected chi connectivity index (χ0v) is 19.8. The normalized spacial score (nSPS) is 12.3. The van der Waals surface area contributed by atoms with Gasteiger partial charge in [0, 0.05) is 19.5 Å². The molecule has 1 unspecified atom stereocenters. The van der Waals surface area contributed by atoms with Gasteiger partial charge in [-0.25, -0.2) is 4.98 Å². The van der Waals surface area contributed by atoms with Crippen molar-refractivity contribution in [3.63, 3.8) is 0 Å². The van der Waals surface area contributed by atoms with Gasteiger partial charge in [0.2, 0.25) is 5.91 Å². The van der Waals surface area contributed by atoms with E-state index in [1.807, 2.05) is 81.4 Å². The molecule has 0 fully saturated rings. The van der Waals surface area contributed by atoms with Crippen LogP contribution < -0.4 is 5.56 Å². The lowest BCUT2D eigenvalue weighted by atomic mass is 10.1. The fourth-order valence-electron chi connectivity index (χ4n) is 3.90. The molecule has 2 aromatic carbocycles. The molecular weight excluding hydrogens is 400 g/mol. The fraction of sp³-hybridized carbons (Fsp3) is 0.423. The molecule has 0 N–H and O–H groups in total. The Morgan fingerprint density at radius 1 is 1.09 bits per heavy atom. The molecule has 6 nitrogen and oxygen atoms in total. The monoisotopic (exact) mass is 434 g/mol. The third-order valence-electron chi connectivity index (χ3n) is 5.76. The van der Waals surface area contributed by atoms with Gasteiger partial charge in [-0.3, -0.25) is 14.2 Å². The third-order valence-corrected chi connectivity index (χ3v) is 5.76. The van der Waals surface area contributed by atoms with E-state index >= 15 is 0 Å². The molecule has 0 saturated carbocycles. The van der Waals surface area contributed by atoms with E-state index in [4.69, 9.17) is 4.98 Å². The number of aromatic nitrogens is 2. The molecule has 1 atom stereocenters. The number of nitrogens with zero attached hydrogens (tertiary/aromatic N) is 4. The van der Waals surface area contributed by atoms with Gasteiger partial charge in [-0.2, -0.15) is 0 Å². The minimum absolute atomic E-state index is 0.0967. The van der Waals surface area contributed by atoms with Crippen LogP contribution in [0.4, 0.5) is 0 Å². The minimum atomic E-state index is -0.350. The van der Waals surface area contributed by atoms with Crippen LogP contribution in [0.3, 0.4) is 0 Å². The number of unbranched alkanes of at least 4 members (excludes halogenated alkanes) is 1. The highest BCUT2D eigenvalue weighted by Crippen LogP contribution is 2.24. The van der Waals surface area contributed by atoms with Gasteiger partial charge in [0.05, 0.1) is 22.6 Å². The molecule has 1 heterocycles. The average Bonchev–Trinajstić information content (AvgIpc) is 2.77. The molecular formula is C26H34N4O2. The molecule has 3 aromatic rings. The van der Waals surface area contributed by atoms with E-state index in [0.29, 0.717) is 29.7 Å². The van der Waals surface area contributed by atoms with Crippen molar-refractivity contribution in [2.45, 2.75) is 46.1 Å². The molecule has 1 amide bonds. The van der Waals surface area contributed by atoms with Crippen LogP contribution in [0.1, 0.15) is 50.5 Å². The first-order valence-electron chi connectivity index (χ1n) is 11.4. The van der Waals surface area contributed by atoms with Gasteiger partial charge >= 0.3 is 0 Å². The molecule has 0 aliphatic rings. The Kier molecular flexibility index (Phi) is 7.80. The van der Waals surface area contributed by atoms with Crippen molar-refractivity contribution in [1.29, 1.82) is 0 Å². The summed E-state index contributed by atoms with van der Waals surface area (Å²) in [4.78, 5) is 35.6. The molecule has 32 heavy (non-hydrogen) atoms. The zero-order chi connectivity index (χ0) is 23.3. The molecule has 0 saturated heterocycles. The van der Waals surface area contributed by atoms with E-state index in [2.05, 4.69) is 11.8 Å². The van der Waals surface area contributed by atoms with Gasteiger partial charge < -0.3 is 9.80 Å². The summed E-state index contributed by atoms with van der Waals surface area (Å²) in [5.74, 6) is 0.683. The maximum Gasteiger partial charge on any atom is 0.266 e. The number of benzene rings is 2. The Balaban J connectivity index is 2.18. The average molecular weight is 435 g/mol. The molecule has 0 bridgehead atoms. The molecule has 170 valence electrons. The SMILES string of the molecule is CCCCC(=O)N(CCN(C)C)C(C)c1nc2ccccc2c(=O)n1-c1cccc(C)c1. The summed E-state index contributed by atoms with van der Waals surface area (Å²) in [6.07, 6.45) is 2.31. The first kappa shape index (κ1) is 23.7. The van der Waals surface area contributed by atoms with Crippen LogP contribution in [0.25, 0.3) is 16.6 Å². The summed E-state index contributed by atoms with van der Waals surface area (Å²) < 4.78 is 1.68. The van der Waals surface area contributed by atoms with Crippen LogP contribution in [-0.4, -0.2) is 52.4 Å². The Hall–Kier alpha value is -2.99. The highest BCUT2D eigenvalue weighted by atomic mass is 16.2. The van der Waals surface area contributed by atoms with Crippen molar-refractivity contribution >= 4 is 16.8 Å². The third kappa shape index (κ3) is 5.25. The predicted molar refractivity (Wildman–Crippen MR) is 130 cm³/mol. The van der Waals surface area contributed by atoms with Crippen molar-refractivity contribution in [2.24, 2.45) is 0 Å². The molecule has 0 spiro atoms. The Morgan fingerprint density at radius 3 is 2.53 bits per heavy atom. The summed E-state index contributed by atoms with van der Waals surface area (Å²) in [6.45, 7) is 7.38. The van der Waals surface area contributed by atoms with Crippen molar-refractivity contribution < 1.29 is 4.79 Å². The number of aryl methyl sites for hydroxylation is 1. The van der Waals surface area contributed by atoms with Gasteiger partial charge in [0.1, 0.15) is 5.82 Å². The van der Waals surface area contributed by atoms with Gasteiger partial charge in [0.25, 0.3) is 5.56 Å². The number of amides is 1. The molecule has 6 heteroatoms. The van der Waals surface area contributed by atoms with E-state index in [1.54, 1.807) is 4.57 Å². The lowest BCUT2D eigenvalue weighted by Gasteiger charge is -2.31. The summed E-state index contributed by atoms with van der Waals surface area (Å²) in [6, 6.07) is 14.9. The van der Waals surface area contributed by atoms with Crippen molar-refractivity contribution in [3.05, 3.63) is 70.3 Å². The number of carbonyl (C=O) groups is 1. The van der Waals surface area contributed by atoms with E-state index < -0.39 is 0 Å². The predicted octanol–water partition coefficient (Wildman–Crippen LogP) is 4.34. The maximum atomic E-state index is 13.6. The summed E-state index contributed by atoms with van der Waals surface area (Å²) in [5.41, 5.74) is 2.36. The number of para-hydroxylation sites is 1. The highest BCUT2D eigenvalue weighted by molar-refractivity contribution is 5.79. The topological polar surface area (TPSA) is 58.4 Å². The number of hydrogen-bond donors (Lipinski definition) is 0.